The summed E-state index contributed by atoms with van der Waals surface area (Å²) in [4.78, 5) is 9.95. The highest BCUT2D eigenvalue weighted by Crippen LogP contribution is 2.11. The van der Waals surface area contributed by atoms with Gasteiger partial charge in [-0.05, 0) is 6.42 Å². The first kappa shape index (κ1) is 14.4. The Hall–Kier alpha value is -0.640. The van der Waals surface area contributed by atoms with Crippen LogP contribution in [0.4, 0.5) is 0 Å². The lowest BCUT2D eigenvalue weighted by atomic mass is 10.0. The van der Waals surface area contributed by atoms with Gasteiger partial charge in [0.2, 0.25) is 6.04 Å². The second-order valence-corrected chi connectivity index (χ2v) is 4.15. The molecule has 4 nitrogen and oxygen atoms in total. The standard InChI is InChI=1S/C11H23NO3/c1-3-4-5-6-7-8-9-11(13)10(2)12(14)15/h10-11,13H,3-9H2,1-2H3/t10?,11-/m1/s1. The molecule has 0 aliphatic rings. The van der Waals surface area contributed by atoms with Crippen LogP contribution in [0.1, 0.15) is 58.8 Å². The first-order valence-electron chi connectivity index (χ1n) is 5.91. The molecule has 0 heterocycles. The second kappa shape index (κ2) is 8.65. The SMILES string of the molecule is CCCCCCCC[C@@H](O)C(C)[N+](=O)[O-]. The lowest BCUT2D eigenvalue weighted by molar-refractivity contribution is -0.530. The fourth-order valence-corrected chi connectivity index (χ4v) is 1.52. The summed E-state index contributed by atoms with van der Waals surface area (Å²) in [5, 5.41) is 19.8. The fourth-order valence-electron chi connectivity index (χ4n) is 1.52. The third kappa shape index (κ3) is 7.31. The van der Waals surface area contributed by atoms with Crippen molar-refractivity contribution in [1.29, 1.82) is 0 Å². The van der Waals surface area contributed by atoms with Crippen molar-refractivity contribution < 1.29 is 10.0 Å². The molecule has 0 radical (unpaired) electrons. The highest BCUT2D eigenvalue weighted by atomic mass is 16.6. The van der Waals surface area contributed by atoms with Crippen molar-refractivity contribution in [2.45, 2.75) is 70.9 Å². The molecule has 0 bridgehead atoms. The molecule has 0 saturated heterocycles. The Kier molecular flexibility index (Phi) is 8.28. The molecule has 0 rings (SSSR count). The quantitative estimate of drug-likeness (QED) is 0.367. The van der Waals surface area contributed by atoms with Crippen molar-refractivity contribution >= 4 is 0 Å². The highest BCUT2D eigenvalue weighted by molar-refractivity contribution is 4.62. The van der Waals surface area contributed by atoms with E-state index in [0.29, 0.717) is 6.42 Å². The van der Waals surface area contributed by atoms with E-state index in [1.807, 2.05) is 0 Å². The van der Waals surface area contributed by atoms with Crippen LogP contribution in [0.25, 0.3) is 0 Å². The molecule has 0 aliphatic carbocycles. The van der Waals surface area contributed by atoms with E-state index >= 15 is 0 Å². The Morgan fingerprint density at radius 3 is 2.27 bits per heavy atom. The van der Waals surface area contributed by atoms with Crippen LogP contribution < -0.4 is 0 Å². The average Bonchev–Trinajstić information content (AvgIpc) is 2.21. The van der Waals surface area contributed by atoms with Crippen molar-refractivity contribution in [2.75, 3.05) is 0 Å². The topological polar surface area (TPSA) is 63.4 Å². The number of hydrogen-bond donors (Lipinski definition) is 1. The smallest absolute Gasteiger partial charge is 0.235 e. The Balaban J connectivity index is 3.38. The number of unbranched alkanes of at least 4 members (excludes halogenated alkanes) is 5. The average molecular weight is 217 g/mol. The number of aliphatic hydroxyl groups is 1. The van der Waals surface area contributed by atoms with Crippen molar-refractivity contribution in [1.82, 2.24) is 0 Å². The first-order valence-corrected chi connectivity index (χ1v) is 5.91. The van der Waals surface area contributed by atoms with E-state index in [2.05, 4.69) is 6.92 Å². The van der Waals surface area contributed by atoms with E-state index in [9.17, 15) is 15.2 Å². The molecule has 2 atom stereocenters. The number of rotatable bonds is 9. The lowest BCUT2D eigenvalue weighted by Crippen LogP contribution is -2.30. The maximum atomic E-state index is 10.4. The largest absolute Gasteiger partial charge is 0.386 e. The minimum absolute atomic E-state index is 0.415. The van der Waals surface area contributed by atoms with Crippen LogP contribution in [-0.4, -0.2) is 22.2 Å². The van der Waals surface area contributed by atoms with Gasteiger partial charge in [0.15, 0.2) is 0 Å². The summed E-state index contributed by atoms with van der Waals surface area (Å²) >= 11 is 0. The molecule has 15 heavy (non-hydrogen) atoms. The predicted octanol–water partition coefficient (Wildman–Crippen LogP) is 2.76. The van der Waals surface area contributed by atoms with Gasteiger partial charge in [0, 0.05) is 11.8 Å². The summed E-state index contributed by atoms with van der Waals surface area (Å²) in [5.41, 5.74) is 0. The molecule has 0 aromatic heterocycles. The van der Waals surface area contributed by atoms with Gasteiger partial charge >= 0.3 is 0 Å². The molecular weight excluding hydrogens is 194 g/mol. The molecule has 0 aromatic rings. The van der Waals surface area contributed by atoms with Crippen LogP contribution in [-0.2, 0) is 0 Å². The van der Waals surface area contributed by atoms with Gasteiger partial charge in [-0.15, -0.1) is 0 Å². The van der Waals surface area contributed by atoms with E-state index in [-0.39, 0.29) is 0 Å². The Labute approximate surface area is 91.8 Å². The minimum atomic E-state index is -0.833. The molecular formula is C11H23NO3. The molecule has 4 heteroatoms. The van der Waals surface area contributed by atoms with Crippen LogP contribution in [0.3, 0.4) is 0 Å². The van der Waals surface area contributed by atoms with Gasteiger partial charge in [0.25, 0.3) is 0 Å². The van der Waals surface area contributed by atoms with Crippen molar-refractivity contribution in [2.24, 2.45) is 0 Å². The Bertz CT molecular complexity index is 173. The normalized spacial score (nSPS) is 14.9. The van der Waals surface area contributed by atoms with Gasteiger partial charge in [-0.2, -0.15) is 0 Å². The minimum Gasteiger partial charge on any atom is -0.386 e. The molecule has 1 unspecified atom stereocenters. The zero-order valence-corrected chi connectivity index (χ0v) is 9.82. The van der Waals surface area contributed by atoms with Gasteiger partial charge in [-0.1, -0.05) is 45.4 Å². The van der Waals surface area contributed by atoms with Gasteiger partial charge in [-0.3, -0.25) is 10.1 Å². The van der Waals surface area contributed by atoms with Gasteiger partial charge < -0.3 is 5.11 Å². The Morgan fingerprint density at radius 1 is 1.20 bits per heavy atom. The van der Waals surface area contributed by atoms with Crippen molar-refractivity contribution in [3.8, 4) is 0 Å². The van der Waals surface area contributed by atoms with Crippen LogP contribution >= 0.6 is 0 Å². The zero-order chi connectivity index (χ0) is 11.7. The molecule has 0 amide bonds. The van der Waals surface area contributed by atoms with Crippen LogP contribution in [0, 0.1) is 10.1 Å². The van der Waals surface area contributed by atoms with Gasteiger partial charge in [-0.25, -0.2) is 0 Å². The fraction of sp³-hybridized carbons (Fsp3) is 1.00. The van der Waals surface area contributed by atoms with E-state index in [0.717, 1.165) is 12.8 Å². The van der Waals surface area contributed by atoms with Gasteiger partial charge in [0.1, 0.15) is 6.10 Å². The molecule has 0 aromatic carbocycles. The molecule has 0 aliphatic heterocycles. The van der Waals surface area contributed by atoms with E-state index in [4.69, 9.17) is 0 Å². The maximum Gasteiger partial charge on any atom is 0.235 e. The maximum absolute atomic E-state index is 10.4. The highest BCUT2D eigenvalue weighted by Gasteiger charge is 2.22. The summed E-state index contributed by atoms with van der Waals surface area (Å²) in [6, 6.07) is -0.833. The molecule has 0 fully saturated rings. The third-order valence-electron chi connectivity index (χ3n) is 2.74. The van der Waals surface area contributed by atoms with E-state index < -0.39 is 17.1 Å². The van der Waals surface area contributed by atoms with Crippen LogP contribution in [0.5, 0.6) is 0 Å². The summed E-state index contributed by atoms with van der Waals surface area (Å²) in [6.45, 7) is 3.63. The van der Waals surface area contributed by atoms with Gasteiger partial charge in [0.05, 0.1) is 0 Å². The Morgan fingerprint density at radius 2 is 1.73 bits per heavy atom. The third-order valence-corrected chi connectivity index (χ3v) is 2.74. The summed E-state index contributed by atoms with van der Waals surface area (Å²) in [7, 11) is 0. The van der Waals surface area contributed by atoms with Crippen LogP contribution in [0.15, 0.2) is 0 Å². The molecule has 1 N–H and O–H groups in total. The summed E-state index contributed by atoms with van der Waals surface area (Å²) in [5.74, 6) is 0. The number of hydrogen-bond acceptors (Lipinski definition) is 3. The van der Waals surface area contributed by atoms with Crippen LogP contribution in [0.2, 0.25) is 0 Å². The van der Waals surface area contributed by atoms with Crippen molar-refractivity contribution in [3.63, 3.8) is 0 Å². The van der Waals surface area contributed by atoms with Crippen molar-refractivity contribution in [3.05, 3.63) is 10.1 Å². The van der Waals surface area contributed by atoms with E-state index in [1.54, 1.807) is 0 Å². The summed E-state index contributed by atoms with van der Waals surface area (Å²) < 4.78 is 0. The second-order valence-electron chi connectivity index (χ2n) is 4.15. The lowest BCUT2D eigenvalue weighted by Gasteiger charge is -2.11. The monoisotopic (exact) mass is 217 g/mol. The first-order chi connectivity index (χ1) is 7.09. The molecule has 0 spiro atoms. The zero-order valence-electron chi connectivity index (χ0n) is 9.82. The predicted molar refractivity (Wildman–Crippen MR) is 60.5 cm³/mol. The number of aliphatic hydroxyl groups excluding tert-OH is 1. The molecule has 0 saturated carbocycles. The molecule has 90 valence electrons. The number of nitrogens with zero attached hydrogens (tertiary/aromatic N) is 1. The van der Waals surface area contributed by atoms with E-state index in [1.165, 1.54) is 32.6 Å². The number of nitro groups is 1. The summed E-state index contributed by atoms with van der Waals surface area (Å²) in [6.07, 6.45) is 6.62.